The molecule has 1 aromatic rings. The van der Waals surface area contributed by atoms with E-state index < -0.39 is 5.92 Å². The van der Waals surface area contributed by atoms with Gasteiger partial charge >= 0.3 is 0 Å². The van der Waals surface area contributed by atoms with E-state index in [0.717, 1.165) is 37.4 Å². The van der Waals surface area contributed by atoms with E-state index in [1.807, 2.05) is 11.0 Å². The molecule has 4 atom stereocenters. The lowest BCUT2D eigenvalue weighted by Crippen LogP contribution is -2.40. The summed E-state index contributed by atoms with van der Waals surface area (Å²) in [6, 6.07) is 2.60. The van der Waals surface area contributed by atoms with Gasteiger partial charge in [-0.3, -0.25) is 5.43 Å². The first-order chi connectivity index (χ1) is 14.1. The molecule has 3 aliphatic heterocycles. The Labute approximate surface area is 170 Å². The summed E-state index contributed by atoms with van der Waals surface area (Å²) in [6.07, 6.45) is 8.49. The monoisotopic (exact) mass is 404 g/mol. The summed E-state index contributed by atoms with van der Waals surface area (Å²) in [7, 11) is 0. The minimum absolute atomic E-state index is 0.105. The SMILES string of the molecule is FC1(F)CCN(c2cc(C3NNC4CCC(C5=CCNCC5)CC43)ncn2)CC1. The minimum Gasteiger partial charge on any atom is -0.356 e. The average Bonchev–Trinajstić information content (AvgIpc) is 3.18. The third-order valence-corrected chi connectivity index (χ3v) is 7.19. The summed E-state index contributed by atoms with van der Waals surface area (Å²) in [6.45, 7) is 2.76. The predicted molar refractivity (Wildman–Crippen MR) is 108 cm³/mol. The van der Waals surface area contributed by atoms with Crippen molar-refractivity contribution in [3.8, 4) is 0 Å². The van der Waals surface area contributed by atoms with Gasteiger partial charge in [0.1, 0.15) is 12.1 Å². The smallest absolute Gasteiger partial charge is 0.251 e. The second-order valence-corrected chi connectivity index (χ2v) is 8.92. The fraction of sp³-hybridized carbons (Fsp3) is 0.714. The summed E-state index contributed by atoms with van der Waals surface area (Å²) in [5, 5.41) is 3.41. The molecule has 4 unspecified atom stereocenters. The number of hydrazine groups is 1. The van der Waals surface area contributed by atoms with Crippen molar-refractivity contribution in [2.75, 3.05) is 31.1 Å². The average molecular weight is 405 g/mol. The van der Waals surface area contributed by atoms with Gasteiger partial charge in [0.2, 0.25) is 0 Å². The molecule has 1 aromatic heterocycles. The summed E-state index contributed by atoms with van der Waals surface area (Å²) >= 11 is 0. The quantitative estimate of drug-likeness (QED) is 0.673. The number of rotatable bonds is 3. The molecule has 5 rings (SSSR count). The number of fused-ring (bicyclic) bond motifs is 1. The normalized spacial score (nSPS) is 34.6. The topological polar surface area (TPSA) is 65.1 Å². The van der Waals surface area contributed by atoms with E-state index in [1.54, 1.807) is 11.9 Å². The summed E-state index contributed by atoms with van der Waals surface area (Å²) in [4.78, 5) is 10.9. The molecular formula is C21H30F2N6. The molecule has 2 saturated heterocycles. The van der Waals surface area contributed by atoms with Crippen LogP contribution in [0.5, 0.6) is 0 Å². The lowest BCUT2D eigenvalue weighted by Gasteiger charge is -2.35. The fourth-order valence-corrected chi connectivity index (χ4v) is 5.47. The fourth-order valence-electron chi connectivity index (χ4n) is 5.47. The maximum Gasteiger partial charge on any atom is 0.251 e. The van der Waals surface area contributed by atoms with Gasteiger partial charge in [-0.15, -0.1) is 0 Å². The Hall–Kier alpha value is -1.64. The van der Waals surface area contributed by atoms with E-state index >= 15 is 0 Å². The van der Waals surface area contributed by atoms with Crippen molar-refractivity contribution in [2.24, 2.45) is 11.8 Å². The highest BCUT2D eigenvalue weighted by Gasteiger charge is 2.42. The van der Waals surface area contributed by atoms with Crippen molar-refractivity contribution in [1.82, 2.24) is 26.1 Å². The predicted octanol–water partition coefficient (Wildman–Crippen LogP) is 2.57. The van der Waals surface area contributed by atoms with Crippen LogP contribution in [0.4, 0.5) is 14.6 Å². The number of hydrogen-bond donors (Lipinski definition) is 3. The second kappa shape index (κ2) is 7.89. The highest BCUT2D eigenvalue weighted by molar-refractivity contribution is 5.40. The Bertz CT molecular complexity index is 759. The summed E-state index contributed by atoms with van der Waals surface area (Å²) in [5.41, 5.74) is 9.54. The standard InChI is InChI=1S/C21H30F2N6/c22-21(23)5-9-29(10-6-21)19-12-18(25-13-26-19)20-16-11-15(1-2-17(16)27-28-20)14-3-7-24-8-4-14/h3,12-13,15-17,20,24,27-28H,1-2,4-11H2. The molecule has 8 heteroatoms. The molecule has 3 N–H and O–H groups in total. The van der Waals surface area contributed by atoms with Gasteiger partial charge in [0.05, 0.1) is 11.7 Å². The van der Waals surface area contributed by atoms with Crippen LogP contribution in [0.15, 0.2) is 24.0 Å². The molecule has 4 aliphatic rings. The molecule has 1 aliphatic carbocycles. The molecular weight excluding hydrogens is 374 g/mol. The van der Waals surface area contributed by atoms with E-state index in [0.29, 0.717) is 31.0 Å². The molecule has 4 heterocycles. The van der Waals surface area contributed by atoms with Crippen molar-refractivity contribution in [3.05, 3.63) is 29.7 Å². The highest BCUT2D eigenvalue weighted by Crippen LogP contribution is 2.43. The Morgan fingerprint density at radius 3 is 2.76 bits per heavy atom. The molecule has 29 heavy (non-hydrogen) atoms. The number of piperidine rings is 1. The zero-order chi connectivity index (χ0) is 19.8. The van der Waals surface area contributed by atoms with Gasteiger partial charge in [0.25, 0.3) is 5.92 Å². The van der Waals surface area contributed by atoms with Crippen LogP contribution in [-0.2, 0) is 0 Å². The van der Waals surface area contributed by atoms with E-state index in [-0.39, 0.29) is 18.9 Å². The molecule has 0 amide bonds. The van der Waals surface area contributed by atoms with Crippen LogP contribution >= 0.6 is 0 Å². The molecule has 6 nitrogen and oxygen atoms in total. The Morgan fingerprint density at radius 2 is 1.97 bits per heavy atom. The molecule has 158 valence electrons. The lowest BCUT2D eigenvalue weighted by atomic mass is 9.72. The van der Waals surface area contributed by atoms with Gasteiger partial charge in [0.15, 0.2) is 0 Å². The van der Waals surface area contributed by atoms with E-state index in [9.17, 15) is 8.78 Å². The molecule has 0 spiro atoms. The third kappa shape index (κ3) is 4.02. The lowest BCUT2D eigenvalue weighted by molar-refractivity contribution is -0.0221. The van der Waals surface area contributed by atoms with Gasteiger partial charge < -0.3 is 10.2 Å². The number of halogens is 2. The maximum absolute atomic E-state index is 13.5. The minimum atomic E-state index is -2.54. The van der Waals surface area contributed by atoms with E-state index in [2.05, 4.69) is 32.2 Å². The van der Waals surface area contributed by atoms with Crippen molar-refractivity contribution in [2.45, 2.75) is 56.5 Å². The number of aromatic nitrogens is 2. The van der Waals surface area contributed by atoms with Crippen molar-refractivity contribution >= 4 is 5.82 Å². The van der Waals surface area contributed by atoms with Crippen LogP contribution in [0.3, 0.4) is 0 Å². The Balaban J connectivity index is 1.31. The number of hydrogen-bond acceptors (Lipinski definition) is 6. The van der Waals surface area contributed by atoms with Crippen LogP contribution in [-0.4, -0.2) is 48.1 Å². The molecule has 1 saturated carbocycles. The largest absolute Gasteiger partial charge is 0.356 e. The van der Waals surface area contributed by atoms with Gasteiger partial charge in [-0.1, -0.05) is 11.6 Å². The van der Waals surface area contributed by atoms with Crippen molar-refractivity contribution < 1.29 is 8.78 Å². The van der Waals surface area contributed by atoms with Gasteiger partial charge in [-0.05, 0) is 44.1 Å². The number of nitrogens with zero attached hydrogens (tertiary/aromatic N) is 3. The third-order valence-electron chi connectivity index (χ3n) is 7.19. The maximum atomic E-state index is 13.5. The van der Waals surface area contributed by atoms with Crippen LogP contribution in [0.25, 0.3) is 0 Å². The van der Waals surface area contributed by atoms with Gasteiger partial charge in [-0.2, -0.15) is 0 Å². The number of alkyl halides is 2. The van der Waals surface area contributed by atoms with Crippen LogP contribution in [0, 0.1) is 11.8 Å². The van der Waals surface area contributed by atoms with Gasteiger partial charge in [0, 0.05) is 44.6 Å². The van der Waals surface area contributed by atoms with Crippen molar-refractivity contribution in [3.63, 3.8) is 0 Å². The summed E-state index contributed by atoms with van der Waals surface area (Å²) < 4.78 is 27.0. The van der Waals surface area contributed by atoms with E-state index in [4.69, 9.17) is 0 Å². The second-order valence-electron chi connectivity index (χ2n) is 8.92. The Morgan fingerprint density at radius 1 is 1.10 bits per heavy atom. The zero-order valence-corrected chi connectivity index (χ0v) is 16.7. The van der Waals surface area contributed by atoms with Crippen LogP contribution < -0.4 is 21.1 Å². The molecule has 3 fully saturated rings. The van der Waals surface area contributed by atoms with Crippen molar-refractivity contribution in [1.29, 1.82) is 0 Å². The molecule has 0 radical (unpaired) electrons. The number of nitrogens with one attached hydrogen (secondary N) is 3. The van der Waals surface area contributed by atoms with Gasteiger partial charge in [-0.25, -0.2) is 24.2 Å². The van der Waals surface area contributed by atoms with Crippen LogP contribution in [0.2, 0.25) is 0 Å². The zero-order valence-electron chi connectivity index (χ0n) is 16.7. The number of anilines is 1. The molecule has 0 aromatic carbocycles. The Kier molecular flexibility index (Phi) is 5.26. The highest BCUT2D eigenvalue weighted by atomic mass is 19.3. The first-order valence-electron chi connectivity index (χ1n) is 10.9. The summed E-state index contributed by atoms with van der Waals surface area (Å²) in [5.74, 6) is -0.632. The first kappa shape index (κ1) is 19.3. The van der Waals surface area contributed by atoms with Crippen LogP contribution in [0.1, 0.15) is 50.3 Å². The first-order valence-corrected chi connectivity index (χ1v) is 10.9. The molecule has 0 bridgehead atoms. The van der Waals surface area contributed by atoms with E-state index in [1.165, 1.54) is 12.8 Å².